The van der Waals surface area contributed by atoms with Crippen LogP contribution >= 0.6 is 23.2 Å². The van der Waals surface area contributed by atoms with Crippen LogP contribution in [0.4, 0.5) is 10.1 Å². The molecule has 1 N–H and O–H groups in total. The van der Waals surface area contributed by atoms with E-state index in [2.05, 4.69) is 5.32 Å². The fourth-order valence-electron chi connectivity index (χ4n) is 3.11. The highest BCUT2D eigenvalue weighted by Gasteiger charge is 2.31. The molecule has 2 rings (SSSR count). The van der Waals surface area contributed by atoms with E-state index in [9.17, 15) is 22.4 Å². The fourth-order valence-corrected chi connectivity index (χ4v) is 4.25. The minimum absolute atomic E-state index is 0.116. The summed E-state index contributed by atoms with van der Waals surface area (Å²) in [4.78, 5) is 27.4. The highest BCUT2D eigenvalue weighted by molar-refractivity contribution is 7.92. The molecule has 34 heavy (non-hydrogen) atoms. The van der Waals surface area contributed by atoms with Gasteiger partial charge in [0.05, 0.1) is 22.0 Å². The van der Waals surface area contributed by atoms with Crippen LogP contribution in [0.3, 0.4) is 0 Å². The van der Waals surface area contributed by atoms with Crippen LogP contribution in [0.5, 0.6) is 0 Å². The Balaban J connectivity index is 2.42. The molecule has 0 radical (unpaired) electrons. The van der Waals surface area contributed by atoms with E-state index in [-0.39, 0.29) is 33.9 Å². The zero-order chi connectivity index (χ0) is 25.6. The number of sulfonamides is 1. The first-order chi connectivity index (χ1) is 15.8. The minimum atomic E-state index is -3.92. The molecule has 0 unspecified atom stereocenters. The lowest BCUT2D eigenvalue weighted by Gasteiger charge is -2.32. The van der Waals surface area contributed by atoms with Crippen molar-refractivity contribution in [3.05, 3.63) is 63.9 Å². The Kier molecular flexibility index (Phi) is 9.73. The van der Waals surface area contributed by atoms with Gasteiger partial charge in [0.25, 0.3) is 0 Å². The van der Waals surface area contributed by atoms with Crippen molar-refractivity contribution < 1.29 is 22.4 Å². The van der Waals surface area contributed by atoms with Gasteiger partial charge in [-0.3, -0.25) is 13.9 Å². The van der Waals surface area contributed by atoms with Crippen LogP contribution in [-0.4, -0.2) is 50.0 Å². The van der Waals surface area contributed by atoms with Crippen molar-refractivity contribution in [2.24, 2.45) is 0 Å². The van der Waals surface area contributed by atoms with E-state index in [1.807, 2.05) is 13.8 Å². The van der Waals surface area contributed by atoms with Crippen LogP contribution in [-0.2, 0) is 26.2 Å². The first-order valence-electron chi connectivity index (χ1n) is 10.6. The molecule has 0 fully saturated rings. The number of nitrogens with one attached hydrogen (secondary N) is 1. The first kappa shape index (κ1) is 27.9. The quantitative estimate of drug-likeness (QED) is 0.496. The molecule has 7 nitrogen and oxygen atoms in total. The number of hydrogen-bond donors (Lipinski definition) is 1. The zero-order valence-corrected chi connectivity index (χ0v) is 21.7. The highest BCUT2D eigenvalue weighted by Crippen LogP contribution is 2.28. The molecule has 0 aliphatic carbocycles. The second kappa shape index (κ2) is 11.9. The molecule has 2 amide bonds. The van der Waals surface area contributed by atoms with Gasteiger partial charge in [0.1, 0.15) is 18.4 Å². The van der Waals surface area contributed by atoms with Crippen molar-refractivity contribution in [2.45, 2.75) is 45.8 Å². The molecule has 0 spiro atoms. The standard InChI is InChI=1S/C23H28Cl2FN3O4S/c1-5-15(2)27-23(31)16(3)28(13-17-8-6-7-9-21(17)26)22(30)14-29(34(4,32)33)18-10-11-19(24)20(25)12-18/h6-12,15-16H,5,13-14H2,1-4H3,(H,27,31)/t15-,16-/m1/s1. The summed E-state index contributed by atoms with van der Waals surface area (Å²) in [6.07, 6.45) is 1.63. The predicted octanol–water partition coefficient (Wildman–Crippen LogP) is 4.23. The molecule has 186 valence electrons. The second-order valence-electron chi connectivity index (χ2n) is 7.97. The Labute approximate surface area is 209 Å². The Morgan fingerprint density at radius 1 is 1.09 bits per heavy atom. The van der Waals surface area contributed by atoms with Gasteiger partial charge in [0.2, 0.25) is 21.8 Å². The van der Waals surface area contributed by atoms with Crippen LogP contribution in [0.2, 0.25) is 10.0 Å². The minimum Gasteiger partial charge on any atom is -0.352 e. The van der Waals surface area contributed by atoms with Crippen LogP contribution in [0.25, 0.3) is 0 Å². The number of rotatable bonds is 10. The topological polar surface area (TPSA) is 86.8 Å². The lowest BCUT2D eigenvalue weighted by molar-refractivity contribution is -0.139. The van der Waals surface area contributed by atoms with Crippen molar-refractivity contribution in [2.75, 3.05) is 17.1 Å². The van der Waals surface area contributed by atoms with E-state index < -0.39 is 40.2 Å². The first-order valence-corrected chi connectivity index (χ1v) is 13.2. The van der Waals surface area contributed by atoms with Crippen LogP contribution in [0.15, 0.2) is 42.5 Å². The summed E-state index contributed by atoms with van der Waals surface area (Å²) in [5.41, 5.74) is 0.326. The third-order valence-corrected chi connectivity index (χ3v) is 7.22. The van der Waals surface area contributed by atoms with E-state index in [1.165, 1.54) is 43.3 Å². The van der Waals surface area contributed by atoms with Crippen molar-refractivity contribution in [1.29, 1.82) is 0 Å². The van der Waals surface area contributed by atoms with Gasteiger partial charge in [-0.25, -0.2) is 12.8 Å². The van der Waals surface area contributed by atoms with Crippen molar-refractivity contribution in [3.8, 4) is 0 Å². The van der Waals surface area contributed by atoms with Gasteiger partial charge in [0, 0.05) is 18.2 Å². The Morgan fingerprint density at radius 3 is 2.29 bits per heavy atom. The average Bonchev–Trinajstić information content (AvgIpc) is 2.77. The van der Waals surface area contributed by atoms with Crippen LogP contribution in [0, 0.1) is 5.82 Å². The third-order valence-electron chi connectivity index (χ3n) is 5.34. The van der Waals surface area contributed by atoms with Crippen molar-refractivity contribution in [1.82, 2.24) is 10.2 Å². The third kappa shape index (κ3) is 7.32. The van der Waals surface area contributed by atoms with Gasteiger partial charge < -0.3 is 10.2 Å². The summed E-state index contributed by atoms with van der Waals surface area (Å²) in [7, 11) is -3.92. The predicted molar refractivity (Wildman–Crippen MR) is 133 cm³/mol. The normalized spacial score (nSPS) is 13.1. The van der Waals surface area contributed by atoms with E-state index >= 15 is 0 Å². The number of carbonyl (C=O) groups is 2. The Hall–Kier alpha value is -2.36. The van der Waals surface area contributed by atoms with Gasteiger partial charge in [-0.05, 0) is 44.5 Å². The van der Waals surface area contributed by atoms with Crippen LogP contribution in [0.1, 0.15) is 32.8 Å². The number of amides is 2. The summed E-state index contributed by atoms with van der Waals surface area (Å²) in [6, 6.07) is 8.93. The molecule has 11 heteroatoms. The zero-order valence-electron chi connectivity index (χ0n) is 19.4. The van der Waals surface area contributed by atoms with Crippen molar-refractivity contribution >= 4 is 50.7 Å². The molecule has 0 saturated carbocycles. The molecule has 0 bridgehead atoms. The molecule has 0 aliphatic rings. The molecule has 2 aromatic carbocycles. The summed E-state index contributed by atoms with van der Waals surface area (Å²) < 4.78 is 40.3. The van der Waals surface area contributed by atoms with Crippen molar-refractivity contribution in [3.63, 3.8) is 0 Å². The molecule has 0 aromatic heterocycles. The molecular formula is C23H28Cl2FN3O4S. The summed E-state index contributed by atoms with van der Waals surface area (Å²) >= 11 is 12.0. The van der Waals surface area contributed by atoms with Gasteiger partial charge in [-0.1, -0.05) is 48.3 Å². The maximum absolute atomic E-state index is 14.4. The van der Waals surface area contributed by atoms with E-state index in [4.69, 9.17) is 23.2 Å². The lowest BCUT2D eigenvalue weighted by atomic mass is 10.1. The Bertz CT molecular complexity index is 1150. The van der Waals surface area contributed by atoms with Gasteiger partial charge >= 0.3 is 0 Å². The number of halogens is 3. The van der Waals surface area contributed by atoms with E-state index in [1.54, 1.807) is 6.07 Å². The number of benzene rings is 2. The largest absolute Gasteiger partial charge is 0.352 e. The second-order valence-corrected chi connectivity index (χ2v) is 10.7. The maximum Gasteiger partial charge on any atom is 0.244 e. The van der Waals surface area contributed by atoms with Gasteiger partial charge in [-0.2, -0.15) is 0 Å². The smallest absolute Gasteiger partial charge is 0.244 e. The maximum atomic E-state index is 14.4. The van der Waals surface area contributed by atoms with Gasteiger partial charge in [0.15, 0.2) is 0 Å². The molecule has 0 saturated heterocycles. The average molecular weight is 532 g/mol. The molecule has 0 heterocycles. The fraction of sp³-hybridized carbons (Fsp3) is 0.391. The molecule has 0 aliphatic heterocycles. The number of nitrogens with zero attached hydrogens (tertiary/aromatic N) is 2. The molecular weight excluding hydrogens is 504 g/mol. The Morgan fingerprint density at radius 2 is 1.74 bits per heavy atom. The lowest BCUT2D eigenvalue weighted by Crippen LogP contribution is -2.52. The number of anilines is 1. The number of carbonyl (C=O) groups excluding carboxylic acids is 2. The summed E-state index contributed by atoms with van der Waals surface area (Å²) in [6.45, 7) is 4.40. The SMILES string of the molecule is CC[C@@H](C)NC(=O)[C@@H](C)N(Cc1ccccc1F)C(=O)CN(c1ccc(Cl)c(Cl)c1)S(C)(=O)=O. The van der Waals surface area contributed by atoms with E-state index in [0.29, 0.717) is 6.42 Å². The van der Waals surface area contributed by atoms with Crippen LogP contribution < -0.4 is 9.62 Å². The highest BCUT2D eigenvalue weighted by atomic mass is 35.5. The molecule has 2 atom stereocenters. The van der Waals surface area contributed by atoms with E-state index in [0.717, 1.165) is 15.5 Å². The van der Waals surface area contributed by atoms with Gasteiger partial charge in [-0.15, -0.1) is 0 Å². The molecule has 2 aromatic rings. The summed E-state index contributed by atoms with van der Waals surface area (Å²) in [5, 5.41) is 3.14. The number of hydrogen-bond acceptors (Lipinski definition) is 4. The monoisotopic (exact) mass is 531 g/mol. The summed E-state index contributed by atoms with van der Waals surface area (Å²) in [5.74, 6) is -1.66.